The molecule has 0 saturated heterocycles. The first kappa shape index (κ1) is 15.6. The van der Waals surface area contributed by atoms with E-state index in [2.05, 4.69) is 17.3 Å². The molecular weight excluding hydrogens is 279 g/mol. The molecule has 0 aliphatic heterocycles. The molecule has 1 heterocycles. The van der Waals surface area contributed by atoms with Gasteiger partial charge in [-0.05, 0) is 37.6 Å². The molecule has 0 fully saturated rings. The van der Waals surface area contributed by atoms with Crippen molar-refractivity contribution in [3.63, 3.8) is 0 Å². The van der Waals surface area contributed by atoms with Gasteiger partial charge in [-0.3, -0.25) is 0 Å². The third kappa shape index (κ3) is 3.85. The molecule has 1 aromatic heterocycles. The van der Waals surface area contributed by atoms with Gasteiger partial charge < -0.3 is 5.32 Å². The average Bonchev–Trinajstić information content (AvgIpc) is 2.88. The standard InChI is InChI=1S/C15H18F3N3/c1-3-7-19-10-12-9-11(2)4-5-13(12)21-8-6-14(20-21)15(16,17)18/h4-6,8-9,19H,3,7,10H2,1-2H3. The van der Waals surface area contributed by atoms with Crippen molar-refractivity contribution in [2.75, 3.05) is 6.54 Å². The number of benzene rings is 1. The fourth-order valence-corrected chi connectivity index (χ4v) is 2.09. The highest BCUT2D eigenvalue weighted by molar-refractivity contribution is 5.43. The summed E-state index contributed by atoms with van der Waals surface area (Å²) < 4.78 is 39.2. The summed E-state index contributed by atoms with van der Waals surface area (Å²) in [7, 11) is 0. The minimum absolute atomic E-state index is 0.603. The Labute approximate surface area is 121 Å². The molecule has 21 heavy (non-hydrogen) atoms. The van der Waals surface area contributed by atoms with E-state index in [4.69, 9.17) is 0 Å². The Morgan fingerprint density at radius 3 is 2.62 bits per heavy atom. The van der Waals surface area contributed by atoms with Crippen LogP contribution in [0, 0.1) is 6.92 Å². The smallest absolute Gasteiger partial charge is 0.313 e. The van der Waals surface area contributed by atoms with Gasteiger partial charge in [0, 0.05) is 12.7 Å². The summed E-state index contributed by atoms with van der Waals surface area (Å²) in [4.78, 5) is 0. The van der Waals surface area contributed by atoms with Crippen molar-refractivity contribution in [1.29, 1.82) is 0 Å². The zero-order valence-corrected chi connectivity index (χ0v) is 12.0. The molecule has 0 saturated carbocycles. The molecule has 0 bridgehead atoms. The molecule has 2 rings (SSSR count). The Morgan fingerprint density at radius 2 is 2.00 bits per heavy atom. The quantitative estimate of drug-likeness (QED) is 0.853. The predicted molar refractivity (Wildman–Crippen MR) is 75.3 cm³/mol. The van der Waals surface area contributed by atoms with E-state index >= 15 is 0 Å². The lowest BCUT2D eigenvalue weighted by Gasteiger charge is -2.12. The molecule has 3 nitrogen and oxygen atoms in total. The highest BCUT2D eigenvalue weighted by Crippen LogP contribution is 2.28. The minimum atomic E-state index is -4.42. The van der Waals surface area contributed by atoms with Crippen molar-refractivity contribution in [1.82, 2.24) is 15.1 Å². The molecule has 2 aromatic rings. The Morgan fingerprint density at radius 1 is 1.24 bits per heavy atom. The Kier molecular flexibility index (Phi) is 4.67. The summed E-state index contributed by atoms with van der Waals surface area (Å²) in [5.74, 6) is 0. The average molecular weight is 297 g/mol. The molecule has 0 aliphatic rings. The Balaban J connectivity index is 2.32. The van der Waals surface area contributed by atoms with Gasteiger partial charge in [0.1, 0.15) is 0 Å². The van der Waals surface area contributed by atoms with Crippen molar-refractivity contribution in [2.24, 2.45) is 0 Å². The molecule has 0 unspecified atom stereocenters. The molecular formula is C15H18F3N3. The zero-order chi connectivity index (χ0) is 15.5. The number of aromatic nitrogens is 2. The van der Waals surface area contributed by atoms with Gasteiger partial charge in [0.25, 0.3) is 0 Å². The van der Waals surface area contributed by atoms with Crippen LogP contribution in [0.5, 0.6) is 0 Å². The van der Waals surface area contributed by atoms with Gasteiger partial charge in [0.2, 0.25) is 0 Å². The van der Waals surface area contributed by atoms with Crippen LogP contribution in [0.4, 0.5) is 13.2 Å². The second-order valence-corrected chi connectivity index (χ2v) is 4.95. The van der Waals surface area contributed by atoms with Gasteiger partial charge in [0.05, 0.1) is 5.69 Å². The summed E-state index contributed by atoms with van der Waals surface area (Å²) in [6, 6.07) is 6.62. The van der Waals surface area contributed by atoms with E-state index in [1.165, 1.54) is 10.9 Å². The summed E-state index contributed by atoms with van der Waals surface area (Å²) in [6.07, 6.45) is -2.07. The number of rotatable bonds is 5. The van der Waals surface area contributed by atoms with Crippen LogP contribution in [0.15, 0.2) is 30.5 Å². The summed E-state index contributed by atoms with van der Waals surface area (Å²) in [6.45, 7) is 5.48. The number of nitrogens with zero attached hydrogens (tertiary/aromatic N) is 2. The van der Waals surface area contributed by atoms with Crippen LogP contribution in [0.25, 0.3) is 5.69 Å². The van der Waals surface area contributed by atoms with E-state index in [0.29, 0.717) is 12.2 Å². The van der Waals surface area contributed by atoms with E-state index in [1.54, 1.807) is 6.07 Å². The second kappa shape index (κ2) is 6.30. The van der Waals surface area contributed by atoms with Crippen LogP contribution >= 0.6 is 0 Å². The second-order valence-electron chi connectivity index (χ2n) is 4.95. The molecule has 114 valence electrons. The minimum Gasteiger partial charge on any atom is -0.313 e. The molecule has 6 heteroatoms. The van der Waals surface area contributed by atoms with Crippen LogP contribution < -0.4 is 5.32 Å². The van der Waals surface area contributed by atoms with Gasteiger partial charge in [-0.2, -0.15) is 18.3 Å². The van der Waals surface area contributed by atoms with Gasteiger partial charge in [-0.15, -0.1) is 0 Å². The number of alkyl halides is 3. The van der Waals surface area contributed by atoms with Crippen molar-refractivity contribution in [2.45, 2.75) is 33.0 Å². The maximum atomic E-state index is 12.6. The van der Waals surface area contributed by atoms with Crippen molar-refractivity contribution < 1.29 is 13.2 Å². The Hall–Kier alpha value is -1.82. The van der Waals surface area contributed by atoms with Gasteiger partial charge >= 0.3 is 6.18 Å². The number of halogens is 3. The first-order chi connectivity index (χ1) is 9.91. The SMILES string of the molecule is CCCNCc1cc(C)ccc1-n1ccc(C(F)(F)F)n1. The van der Waals surface area contributed by atoms with Crippen molar-refractivity contribution >= 4 is 0 Å². The van der Waals surface area contributed by atoms with Crippen LogP contribution in [0.1, 0.15) is 30.2 Å². The molecule has 0 amide bonds. The lowest BCUT2D eigenvalue weighted by molar-refractivity contribution is -0.141. The van der Waals surface area contributed by atoms with E-state index < -0.39 is 11.9 Å². The topological polar surface area (TPSA) is 29.9 Å². The molecule has 0 spiro atoms. The lowest BCUT2D eigenvalue weighted by atomic mass is 10.1. The Bertz CT molecular complexity index is 602. The van der Waals surface area contributed by atoms with E-state index in [0.717, 1.165) is 30.2 Å². The molecule has 0 aliphatic carbocycles. The van der Waals surface area contributed by atoms with Crippen molar-refractivity contribution in [3.05, 3.63) is 47.3 Å². The molecule has 1 N–H and O–H groups in total. The third-order valence-electron chi connectivity index (χ3n) is 3.10. The monoisotopic (exact) mass is 297 g/mol. The van der Waals surface area contributed by atoms with Crippen LogP contribution in [-0.2, 0) is 12.7 Å². The summed E-state index contributed by atoms with van der Waals surface area (Å²) in [5.41, 5.74) is 1.78. The summed E-state index contributed by atoms with van der Waals surface area (Å²) >= 11 is 0. The maximum Gasteiger partial charge on any atom is 0.435 e. The maximum absolute atomic E-state index is 12.6. The molecule has 0 radical (unpaired) electrons. The highest BCUT2D eigenvalue weighted by Gasteiger charge is 2.33. The van der Waals surface area contributed by atoms with Gasteiger partial charge in [0.15, 0.2) is 5.69 Å². The number of aryl methyl sites for hydroxylation is 1. The van der Waals surface area contributed by atoms with E-state index in [9.17, 15) is 13.2 Å². The van der Waals surface area contributed by atoms with Gasteiger partial charge in [-0.1, -0.05) is 24.6 Å². The predicted octanol–water partition coefficient (Wildman–Crippen LogP) is 3.70. The number of nitrogens with one attached hydrogen (secondary N) is 1. The van der Waals surface area contributed by atoms with Crippen LogP contribution in [0.3, 0.4) is 0 Å². The molecule has 0 atom stereocenters. The normalized spacial score (nSPS) is 11.9. The first-order valence-corrected chi connectivity index (χ1v) is 6.85. The van der Waals surface area contributed by atoms with Crippen molar-refractivity contribution in [3.8, 4) is 5.69 Å². The fourth-order valence-electron chi connectivity index (χ4n) is 2.09. The zero-order valence-electron chi connectivity index (χ0n) is 12.0. The number of hydrogen-bond acceptors (Lipinski definition) is 2. The van der Waals surface area contributed by atoms with Gasteiger partial charge in [-0.25, -0.2) is 4.68 Å². The van der Waals surface area contributed by atoms with E-state index in [1.807, 2.05) is 19.1 Å². The molecule has 1 aromatic carbocycles. The largest absolute Gasteiger partial charge is 0.435 e. The first-order valence-electron chi connectivity index (χ1n) is 6.85. The van der Waals surface area contributed by atoms with Crippen LogP contribution in [0.2, 0.25) is 0 Å². The fraction of sp³-hybridized carbons (Fsp3) is 0.400. The lowest BCUT2D eigenvalue weighted by Crippen LogP contribution is -2.16. The summed E-state index contributed by atoms with van der Waals surface area (Å²) in [5, 5.41) is 6.90. The number of hydrogen-bond donors (Lipinski definition) is 1. The van der Waals surface area contributed by atoms with E-state index in [-0.39, 0.29) is 0 Å². The highest BCUT2D eigenvalue weighted by atomic mass is 19.4. The van der Waals surface area contributed by atoms with Crippen LogP contribution in [-0.4, -0.2) is 16.3 Å². The third-order valence-corrected chi connectivity index (χ3v) is 3.10.